The highest BCUT2D eigenvalue weighted by Crippen LogP contribution is 2.18. The summed E-state index contributed by atoms with van der Waals surface area (Å²) in [5.74, 6) is 0.760. The Morgan fingerprint density at radius 2 is 1.93 bits per heavy atom. The first-order valence-electron chi connectivity index (χ1n) is 10.6. The molecule has 2 atom stereocenters. The number of nitrogens with zero attached hydrogens (tertiary/aromatic N) is 2. The van der Waals surface area contributed by atoms with Crippen LogP contribution in [0.2, 0.25) is 0 Å². The Morgan fingerprint density at radius 1 is 1.23 bits per heavy atom. The molecule has 1 aromatic heterocycles. The molecule has 0 aliphatic heterocycles. The van der Waals surface area contributed by atoms with Gasteiger partial charge >= 0.3 is 5.97 Å². The molecule has 7 heteroatoms. The summed E-state index contributed by atoms with van der Waals surface area (Å²) in [5, 5.41) is 12.2. The number of carboxylic acids is 1. The smallest absolute Gasteiger partial charge is 0.335 e. The summed E-state index contributed by atoms with van der Waals surface area (Å²) in [7, 11) is 0. The van der Waals surface area contributed by atoms with Crippen molar-refractivity contribution < 1.29 is 14.7 Å². The fraction of sp³-hybridized carbons (Fsp3) is 0.522. The lowest BCUT2D eigenvalue weighted by Gasteiger charge is -2.20. The van der Waals surface area contributed by atoms with Crippen molar-refractivity contribution in [1.29, 1.82) is 0 Å². The zero-order chi connectivity index (χ0) is 22.1. The minimum Gasteiger partial charge on any atom is -0.478 e. The second kappa shape index (κ2) is 11.8. The molecule has 2 N–H and O–H groups in total. The number of amides is 1. The van der Waals surface area contributed by atoms with E-state index in [2.05, 4.69) is 48.3 Å². The van der Waals surface area contributed by atoms with Crippen molar-refractivity contribution in [2.24, 2.45) is 11.8 Å². The highest BCUT2D eigenvalue weighted by molar-refractivity contribution is 7.80. The molecule has 0 bridgehead atoms. The SMILES string of the molecule is CCCCc1ncc(CNC(=O)C(CS)C(C)CC)n1Cc1ccc(C(=O)O)cc1. The van der Waals surface area contributed by atoms with Crippen LogP contribution in [0.4, 0.5) is 0 Å². The van der Waals surface area contributed by atoms with Crippen LogP contribution >= 0.6 is 12.6 Å². The number of aromatic nitrogens is 2. The van der Waals surface area contributed by atoms with Gasteiger partial charge in [0.15, 0.2) is 0 Å². The van der Waals surface area contributed by atoms with E-state index in [1.54, 1.807) is 12.1 Å². The van der Waals surface area contributed by atoms with Gasteiger partial charge in [0.2, 0.25) is 5.91 Å². The third-order valence-corrected chi connectivity index (χ3v) is 6.02. The van der Waals surface area contributed by atoms with E-state index in [1.165, 1.54) is 0 Å². The second-order valence-electron chi connectivity index (χ2n) is 7.75. The van der Waals surface area contributed by atoms with Crippen molar-refractivity contribution in [2.75, 3.05) is 5.75 Å². The lowest BCUT2D eigenvalue weighted by Crippen LogP contribution is -2.35. The van der Waals surface area contributed by atoms with Crippen molar-refractivity contribution in [2.45, 2.75) is 59.5 Å². The minimum atomic E-state index is -0.934. The Bertz CT molecular complexity index is 833. The third kappa shape index (κ3) is 6.36. The van der Waals surface area contributed by atoms with Gasteiger partial charge in [0, 0.05) is 24.6 Å². The predicted molar refractivity (Wildman–Crippen MR) is 122 cm³/mol. The molecule has 0 saturated carbocycles. The number of carbonyl (C=O) groups excluding carboxylic acids is 1. The van der Waals surface area contributed by atoms with Gasteiger partial charge in [0.25, 0.3) is 0 Å². The van der Waals surface area contributed by atoms with Gasteiger partial charge in [0.1, 0.15) is 5.82 Å². The molecule has 2 aromatic rings. The van der Waals surface area contributed by atoms with Gasteiger partial charge in [-0.3, -0.25) is 4.79 Å². The van der Waals surface area contributed by atoms with E-state index in [0.29, 0.717) is 18.8 Å². The number of hydrogen-bond donors (Lipinski definition) is 3. The number of unbranched alkanes of at least 4 members (excludes halogenated alkanes) is 1. The van der Waals surface area contributed by atoms with E-state index in [4.69, 9.17) is 5.11 Å². The average molecular weight is 432 g/mol. The number of rotatable bonds is 12. The fourth-order valence-corrected chi connectivity index (χ4v) is 3.90. The van der Waals surface area contributed by atoms with E-state index in [0.717, 1.165) is 42.8 Å². The number of hydrogen-bond acceptors (Lipinski definition) is 4. The minimum absolute atomic E-state index is 0.0213. The highest BCUT2D eigenvalue weighted by Gasteiger charge is 2.22. The van der Waals surface area contributed by atoms with E-state index in [9.17, 15) is 9.59 Å². The van der Waals surface area contributed by atoms with Crippen LogP contribution in [0.25, 0.3) is 0 Å². The normalized spacial score (nSPS) is 13.1. The Morgan fingerprint density at radius 3 is 2.50 bits per heavy atom. The molecule has 0 aliphatic rings. The lowest BCUT2D eigenvalue weighted by atomic mass is 9.92. The predicted octanol–water partition coefficient (Wildman–Crippen LogP) is 4.18. The van der Waals surface area contributed by atoms with Crippen LogP contribution in [-0.4, -0.2) is 32.3 Å². The molecule has 2 rings (SSSR count). The summed E-state index contributed by atoms with van der Waals surface area (Å²) in [6.45, 7) is 7.30. The lowest BCUT2D eigenvalue weighted by molar-refractivity contribution is -0.125. The average Bonchev–Trinajstić information content (AvgIpc) is 3.12. The van der Waals surface area contributed by atoms with E-state index >= 15 is 0 Å². The molecule has 2 unspecified atom stereocenters. The third-order valence-electron chi connectivity index (χ3n) is 5.62. The summed E-state index contributed by atoms with van der Waals surface area (Å²) in [6, 6.07) is 6.89. The maximum atomic E-state index is 12.7. The molecule has 0 radical (unpaired) electrons. The van der Waals surface area contributed by atoms with Crippen molar-refractivity contribution in [3.05, 3.63) is 53.1 Å². The molecule has 164 valence electrons. The van der Waals surface area contributed by atoms with E-state index in [-0.39, 0.29) is 23.3 Å². The molecule has 30 heavy (non-hydrogen) atoms. The molecule has 0 aliphatic carbocycles. The Kier molecular flexibility index (Phi) is 9.43. The van der Waals surface area contributed by atoms with Crippen LogP contribution in [0.15, 0.2) is 30.5 Å². The molecule has 6 nitrogen and oxygen atoms in total. The molecule has 0 saturated heterocycles. The number of benzene rings is 1. The first kappa shape index (κ1) is 24.0. The number of thiol groups is 1. The molecule has 0 spiro atoms. The van der Waals surface area contributed by atoms with E-state index in [1.807, 2.05) is 18.3 Å². The van der Waals surface area contributed by atoms with Gasteiger partial charge in [-0.05, 0) is 30.0 Å². The van der Waals surface area contributed by atoms with Crippen molar-refractivity contribution in [3.8, 4) is 0 Å². The molecule has 1 heterocycles. The summed E-state index contributed by atoms with van der Waals surface area (Å²) >= 11 is 4.36. The summed E-state index contributed by atoms with van der Waals surface area (Å²) in [5.41, 5.74) is 2.21. The molecule has 1 aromatic carbocycles. The van der Waals surface area contributed by atoms with Gasteiger partial charge in [0.05, 0.1) is 24.0 Å². The highest BCUT2D eigenvalue weighted by atomic mass is 32.1. The fourth-order valence-electron chi connectivity index (χ4n) is 3.37. The maximum absolute atomic E-state index is 12.7. The molecular formula is C23H33N3O3S. The van der Waals surface area contributed by atoms with Crippen molar-refractivity contribution in [1.82, 2.24) is 14.9 Å². The van der Waals surface area contributed by atoms with Gasteiger partial charge in [-0.25, -0.2) is 9.78 Å². The second-order valence-corrected chi connectivity index (χ2v) is 8.12. The zero-order valence-electron chi connectivity index (χ0n) is 18.1. The monoisotopic (exact) mass is 431 g/mol. The Hall–Kier alpha value is -2.28. The van der Waals surface area contributed by atoms with Crippen LogP contribution in [0.1, 0.15) is 67.5 Å². The Labute approximate surface area is 184 Å². The standard InChI is InChI=1S/C23H33N3O3S/c1-4-6-7-21-24-12-19(13-25-22(27)20(15-30)16(3)5-2)26(21)14-17-8-10-18(11-9-17)23(28)29/h8-12,16,20,30H,4-7,13-15H2,1-3H3,(H,25,27)(H,28,29). The van der Waals surface area contributed by atoms with Crippen LogP contribution in [0.5, 0.6) is 0 Å². The maximum Gasteiger partial charge on any atom is 0.335 e. The van der Waals surface area contributed by atoms with Crippen LogP contribution in [0.3, 0.4) is 0 Å². The summed E-state index contributed by atoms with van der Waals surface area (Å²) in [4.78, 5) is 28.3. The number of nitrogens with one attached hydrogen (secondary N) is 1. The molecular weight excluding hydrogens is 398 g/mol. The number of aromatic carboxylic acids is 1. The largest absolute Gasteiger partial charge is 0.478 e. The topological polar surface area (TPSA) is 84.2 Å². The zero-order valence-corrected chi connectivity index (χ0v) is 19.0. The number of aryl methyl sites for hydroxylation is 1. The van der Waals surface area contributed by atoms with Gasteiger partial charge < -0.3 is 15.0 Å². The van der Waals surface area contributed by atoms with Crippen molar-refractivity contribution >= 4 is 24.5 Å². The van der Waals surface area contributed by atoms with E-state index < -0.39 is 5.97 Å². The van der Waals surface area contributed by atoms with Gasteiger partial charge in [-0.15, -0.1) is 0 Å². The number of imidazole rings is 1. The molecule has 1 amide bonds. The first-order chi connectivity index (χ1) is 14.4. The summed E-state index contributed by atoms with van der Waals surface area (Å²) < 4.78 is 2.13. The number of carboxylic acid groups (broad SMARTS) is 1. The van der Waals surface area contributed by atoms with Crippen molar-refractivity contribution in [3.63, 3.8) is 0 Å². The Balaban J connectivity index is 2.18. The number of carbonyl (C=O) groups is 2. The van der Waals surface area contributed by atoms with Gasteiger partial charge in [-0.1, -0.05) is 45.7 Å². The van der Waals surface area contributed by atoms with Crippen LogP contribution in [0, 0.1) is 11.8 Å². The first-order valence-corrected chi connectivity index (χ1v) is 11.3. The van der Waals surface area contributed by atoms with Crippen LogP contribution < -0.4 is 5.32 Å². The van der Waals surface area contributed by atoms with Crippen LogP contribution in [-0.2, 0) is 24.3 Å². The molecule has 0 fully saturated rings. The quantitative estimate of drug-likeness (QED) is 0.440. The summed E-state index contributed by atoms with van der Waals surface area (Å²) in [6.07, 6.45) is 5.74. The van der Waals surface area contributed by atoms with Gasteiger partial charge in [-0.2, -0.15) is 12.6 Å².